The lowest BCUT2D eigenvalue weighted by atomic mass is 10.5. The highest BCUT2D eigenvalue weighted by atomic mass is 16.5. The lowest BCUT2D eigenvalue weighted by molar-refractivity contribution is -0.117. The molecule has 0 aromatic rings. The molecule has 1 amide bonds. The van der Waals surface area contributed by atoms with Gasteiger partial charge in [-0.15, -0.1) is 0 Å². The van der Waals surface area contributed by atoms with E-state index in [0.29, 0.717) is 0 Å². The second-order valence-electron chi connectivity index (χ2n) is 1.36. The molecule has 0 saturated heterocycles. The van der Waals surface area contributed by atoms with Gasteiger partial charge in [0.1, 0.15) is 6.61 Å². The normalized spacial score (nSPS) is 8.56. The second kappa shape index (κ2) is 3.91. The van der Waals surface area contributed by atoms with Crippen molar-refractivity contribution in [1.82, 2.24) is 0 Å². The molecular weight excluding hydrogens is 122 g/mol. The van der Waals surface area contributed by atoms with Gasteiger partial charge in [0, 0.05) is 0 Å². The van der Waals surface area contributed by atoms with Gasteiger partial charge < -0.3 is 15.6 Å². The van der Waals surface area contributed by atoms with Gasteiger partial charge in [-0.3, -0.25) is 4.79 Å². The summed E-state index contributed by atoms with van der Waals surface area (Å²) in [5.74, 6) is -0.826. The van der Waals surface area contributed by atoms with E-state index in [1.807, 2.05) is 0 Å². The third-order valence-corrected chi connectivity index (χ3v) is 0.642. The zero-order valence-electron chi connectivity index (χ0n) is 4.96. The minimum atomic E-state index is -0.705. The van der Waals surface area contributed by atoms with Gasteiger partial charge >= 0.3 is 0 Å². The van der Waals surface area contributed by atoms with Crippen LogP contribution in [0, 0.1) is 0 Å². The summed E-state index contributed by atoms with van der Waals surface area (Å²) < 4.78 is 4.53. The van der Waals surface area contributed by atoms with Crippen LogP contribution in [0.3, 0.4) is 0 Å². The van der Waals surface area contributed by atoms with Gasteiger partial charge in [0.2, 0.25) is 0 Å². The quantitative estimate of drug-likeness (QED) is 0.379. The molecule has 0 rings (SSSR count). The first kappa shape index (κ1) is 7.97. The minimum Gasteiger partial charge on any atom is -0.486 e. The van der Waals surface area contributed by atoms with Crippen LogP contribution in [-0.4, -0.2) is 24.2 Å². The smallest absolute Gasteiger partial charge is 0.283 e. The van der Waals surface area contributed by atoms with Crippen LogP contribution in [0.15, 0.2) is 12.3 Å². The van der Waals surface area contributed by atoms with Crippen molar-refractivity contribution in [2.45, 2.75) is 0 Å². The fourth-order valence-corrected chi connectivity index (χ4v) is 0.240. The highest BCUT2D eigenvalue weighted by Crippen LogP contribution is 1.88. The summed E-state index contributed by atoms with van der Waals surface area (Å²) in [6, 6.07) is 0. The summed E-state index contributed by atoms with van der Waals surface area (Å²) >= 11 is 0. The van der Waals surface area contributed by atoms with Gasteiger partial charge in [0.15, 0.2) is 5.76 Å². The second-order valence-corrected chi connectivity index (χ2v) is 1.36. The maximum Gasteiger partial charge on any atom is 0.283 e. The van der Waals surface area contributed by atoms with E-state index in [2.05, 4.69) is 11.3 Å². The van der Waals surface area contributed by atoms with Crippen LogP contribution < -0.4 is 5.73 Å². The lowest BCUT2D eigenvalue weighted by Crippen LogP contribution is -2.16. The number of rotatable bonds is 4. The molecule has 3 N–H and O–H groups in total. The molecule has 0 atom stereocenters. The Kier molecular flexibility index (Phi) is 3.46. The van der Waals surface area contributed by atoms with Crippen LogP contribution in [0.4, 0.5) is 0 Å². The summed E-state index contributed by atoms with van der Waals surface area (Å²) in [7, 11) is 0. The first-order valence-electron chi connectivity index (χ1n) is 2.41. The van der Waals surface area contributed by atoms with Gasteiger partial charge in [-0.2, -0.15) is 0 Å². The van der Waals surface area contributed by atoms with Crippen molar-refractivity contribution in [2.75, 3.05) is 13.2 Å². The molecule has 0 heterocycles. The number of carbonyl (C=O) groups excluding carboxylic acids is 1. The molecule has 0 bridgehead atoms. The Morgan fingerprint density at radius 2 is 2.33 bits per heavy atom. The minimum absolute atomic E-state index is 0.0573. The summed E-state index contributed by atoms with van der Waals surface area (Å²) in [5, 5.41) is 8.18. The highest BCUT2D eigenvalue weighted by Gasteiger charge is 1.99. The maximum absolute atomic E-state index is 10.1. The lowest BCUT2D eigenvalue weighted by Gasteiger charge is -2.01. The summed E-state index contributed by atoms with van der Waals surface area (Å²) in [6.07, 6.45) is 0. The fourth-order valence-electron chi connectivity index (χ4n) is 0.240. The van der Waals surface area contributed by atoms with E-state index in [0.717, 1.165) is 0 Å². The van der Waals surface area contributed by atoms with Gasteiger partial charge in [-0.05, 0) is 0 Å². The van der Waals surface area contributed by atoms with E-state index in [-0.39, 0.29) is 19.0 Å². The van der Waals surface area contributed by atoms with Gasteiger partial charge in [0.05, 0.1) is 6.61 Å². The van der Waals surface area contributed by atoms with Crippen LogP contribution in [0.5, 0.6) is 0 Å². The van der Waals surface area contributed by atoms with Gasteiger partial charge in [-0.25, -0.2) is 0 Å². The molecule has 0 aliphatic carbocycles. The molecular formula is C5H9NO3. The van der Waals surface area contributed by atoms with Crippen molar-refractivity contribution < 1.29 is 14.6 Å². The van der Waals surface area contributed by atoms with E-state index in [1.165, 1.54) is 0 Å². The largest absolute Gasteiger partial charge is 0.486 e. The number of primary amides is 1. The number of aliphatic hydroxyl groups excluding tert-OH is 1. The topological polar surface area (TPSA) is 72.6 Å². The van der Waals surface area contributed by atoms with E-state index in [9.17, 15) is 4.79 Å². The molecule has 0 saturated carbocycles. The first-order chi connectivity index (χ1) is 4.18. The average molecular weight is 131 g/mol. The predicted octanol–water partition coefficient (Wildman–Crippen LogP) is -1.01. The average Bonchev–Trinajstić information content (AvgIpc) is 1.82. The summed E-state index contributed by atoms with van der Waals surface area (Å²) in [6.45, 7) is 3.09. The molecule has 4 heteroatoms. The van der Waals surface area contributed by atoms with Crippen LogP contribution in [-0.2, 0) is 9.53 Å². The van der Waals surface area contributed by atoms with Crippen molar-refractivity contribution in [3.05, 3.63) is 12.3 Å². The number of hydrogen-bond acceptors (Lipinski definition) is 3. The molecule has 0 fully saturated rings. The van der Waals surface area contributed by atoms with E-state index in [4.69, 9.17) is 10.8 Å². The molecule has 0 radical (unpaired) electrons. The van der Waals surface area contributed by atoms with Crippen molar-refractivity contribution in [1.29, 1.82) is 0 Å². The number of amides is 1. The molecule has 0 aliphatic heterocycles. The highest BCUT2D eigenvalue weighted by molar-refractivity contribution is 5.89. The van der Waals surface area contributed by atoms with Gasteiger partial charge in [-0.1, -0.05) is 6.58 Å². The third-order valence-electron chi connectivity index (χ3n) is 0.642. The molecule has 0 spiro atoms. The molecule has 0 aliphatic rings. The Morgan fingerprint density at radius 1 is 1.78 bits per heavy atom. The fraction of sp³-hybridized carbons (Fsp3) is 0.400. The Morgan fingerprint density at radius 3 is 2.67 bits per heavy atom. The molecule has 0 aromatic carbocycles. The van der Waals surface area contributed by atoms with Crippen molar-refractivity contribution in [3.63, 3.8) is 0 Å². The number of ether oxygens (including phenoxy) is 1. The number of hydrogen-bond donors (Lipinski definition) is 2. The number of carbonyl (C=O) groups is 1. The molecule has 4 nitrogen and oxygen atoms in total. The van der Waals surface area contributed by atoms with Crippen LogP contribution in [0.25, 0.3) is 0 Å². The standard InChI is InChI=1S/C5H9NO3/c1-4(5(6)8)9-3-2-7/h7H,1-3H2,(H2,6,8). The monoisotopic (exact) mass is 131 g/mol. The van der Waals surface area contributed by atoms with E-state index in [1.54, 1.807) is 0 Å². The zero-order valence-corrected chi connectivity index (χ0v) is 4.96. The van der Waals surface area contributed by atoms with Crippen molar-refractivity contribution in [3.8, 4) is 0 Å². The van der Waals surface area contributed by atoms with Crippen LogP contribution in [0.2, 0.25) is 0 Å². The van der Waals surface area contributed by atoms with Crippen molar-refractivity contribution in [2.24, 2.45) is 5.73 Å². The molecule has 52 valence electrons. The molecule has 9 heavy (non-hydrogen) atoms. The summed E-state index contributed by atoms with van der Waals surface area (Å²) in [5.41, 5.74) is 4.73. The summed E-state index contributed by atoms with van der Waals surface area (Å²) in [4.78, 5) is 10.1. The Bertz CT molecular complexity index is 121. The Hall–Kier alpha value is -1.03. The van der Waals surface area contributed by atoms with E-state index >= 15 is 0 Å². The van der Waals surface area contributed by atoms with Crippen LogP contribution >= 0.6 is 0 Å². The SMILES string of the molecule is C=C(OCCO)C(N)=O. The predicted molar refractivity (Wildman–Crippen MR) is 31.4 cm³/mol. The Balaban J connectivity index is 3.39. The zero-order chi connectivity index (χ0) is 7.28. The van der Waals surface area contributed by atoms with E-state index < -0.39 is 5.91 Å². The first-order valence-corrected chi connectivity index (χ1v) is 2.41. The molecule has 0 aromatic heterocycles. The third kappa shape index (κ3) is 3.54. The Labute approximate surface area is 52.9 Å². The maximum atomic E-state index is 10.1. The molecule has 0 unspecified atom stereocenters. The van der Waals surface area contributed by atoms with Gasteiger partial charge in [0.25, 0.3) is 5.91 Å². The van der Waals surface area contributed by atoms with Crippen molar-refractivity contribution >= 4 is 5.91 Å². The number of nitrogens with two attached hydrogens (primary N) is 1. The van der Waals surface area contributed by atoms with Crippen LogP contribution in [0.1, 0.15) is 0 Å². The number of aliphatic hydroxyl groups is 1.